The van der Waals surface area contributed by atoms with Gasteiger partial charge in [-0.25, -0.2) is 8.42 Å². The lowest BCUT2D eigenvalue weighted by Gasteiger charge is -2.01. The van der Waals surface area contributed by atoms with Gasteiger partial charge in [0.2, 0.25) is 0 Å². The molecule has 0 saturated carbocycles. The van der Waals surface area contributed by atoms with Crippen LogP contribution in [-0.4, -0.2) is 28.0 Å². The highest BCUT2D eigenvalue weighted by Gasteiger charge is 2.14. The average Bonchev–Trinajstić information content (AvgIpc) is 2.71. The first-order chi connectivity index (χ1) is 7.18. The first kappa shape index (κ1) is 9.78. The van der Waals surface area contributed by atoms with E-state index in [2.05, 4.69) is 15.5 Å². The van der Waals surface area contributed by atoms with Crippen molar-refractivity contribution in [1.82, 2.24) is 19.6 Å². The van der Waals surface area contributed by atoms with Crippen LogP contribution in [0, 0.1) is 0 Å². The summed E-state index contributed by atoms with van der Waals surface area (Å²) in [5.74, 6) is -0.112. The Morgan fingerprint density at radius 2 is 1.93 bits per heavy atom. The monoisotopic (exact) mass is 224 g/mol. The predicted molar refractivity (Wildman–Crippen MR) is 52.3 cm³/mol. The lowest BCUT2D eigenvalue weighted by Crippen LogP contribution is -2.15. The molecule has 2 aromatic rings. The van der Waals surface area contributed by atoms with Crippen molar-refractivity contribution in [2.45, 2.75) is 5.75 Å². The largest absolute Gasteiger partial charge is 0.260 e. The first-order valence-corrected chi connectivity index (χ1v) is 5.79. The van der Waals surface area contributed by atoms with Crippen LogP contribution < -0.4 is 0 Å². The first-order valence-electron chi connectivity index (χ1n) is 4.19. The molecule has 1 aromatic carbocycles. The molecule has 0 fully saturated rings. The molecule has 0 amide bonds. The average molecular weight is 224 g/mol. The fourth-order valence-electron chi connectivity index (χ4n) is 1.13. The normalized spacial score (nSPS) is 11.5. The van der Waals surface area contributed by atoms with Gasteiger partial charge in [-0.15, -0.1) is 9.19 Å². The highest BCUT2D eigenvalue weighted by Crippen LogP contribution is 2.06. The summed E-state index contributed by atoms with van der Waals surface area (Å²) in [5, 5.41) is 9.92. The Hall–Kier alpha value is -1.76. The van der Waals surface area contributed by atoms with E-state index >= 15 is 0 Å². The van der Waals surface area contributed by atoms with Crippen LogP contribution in [0.3, 0.4) is 0 Å². The molecular formula is C8H8N4O2S. The van der Waals surface area contributed by atoms with E-state index < -0.39 is 10.0 Å². The maximum absolute atomic E-state index is 11.7. The Morgan fingerprint density at radius 1 is 1.20 bits per heavy atom. The summed E-state index contributed by atoms with van der Waals surface area (Å²) in [4.78, 5) is 0. The summed E-state index contributed by atoms with van der Waals surface area (Å²) in [6.45, 7) is 0. The lowest BCUT2D eigenvalue weighted by molar-refractivity contribution is 0.576. The quantitative estimate of drug-likeness (QED) is 0.736. The van der Waals surface area contributed by atoms with Crippen molar-refractivity contribution < 1.29 is 8.42 Å². The maximum Gasteiger partial charge on any atom is 0.260 e. The number of benzene rings is 1. The summed E-state index contributed by atoms with van der Waals surface area (Å²) < 4.78 is 24.1. The summed E-state index contributed by atoms with van der Waals surface area (Å²) in [6.07, 6.45) is 1.07. The van der Waals surface area contributed by atoms with E-state index in [0.29, 0.717) is 5.56 Å². The molecular weight excluding hydrogens is 216 g/mol. The van der Waals surface area contributed by atoms with E-state index in [1.54, 1.807) is 24.3 Å². The van der Waals surface area contributed by atoms with Crippen LogP contribution in [0.25, 0.3) is 0 Å². The van der Waals surface area contributed by atoms with Crippen molar-refractivity contribution in [2.24, 2.45) is 0 Å². The second kappa shape index (κ2) is 3.77. The molecule has 78 valence electrons. The molecule has 0 radical (unpaired) electrons. The van der Waals surface area contributed by atoms with Crippen LogP contribution in [0.2, 0.25) is 0 Å². The van der Waals surface area contributed by atoms with Crippen molar-refractivity contribution in [3.05, 3.63) is 42.2 Å². The second-order valence-electron chi connectivity index (χ2n) is 2.92. The van der Waals surface area contributed by atoms with Gasteiger partial charge in [-0.2, -0.15) is 0 Å². The minimum Gasteiger partial charge on any atom is -0.204 e. The van der Waals surface area contributed by atoms with Crippen LogP contribution in [0.15, 0.2) is 36.7 Å². The molecule has 0 N–H and O–H groups in total. The lowest BCUT2D eigenvalue weighted by atomic mass is 10.2. The SMILES string of the molecule is O=S(=O)(Cc1ccccc1)n1cnnn1. The van der Waals surface area contributed by atoms with Gasteiger partial charge in [-0.1, -0.05) is 30.3 Å². The minimum atomic E-state index is -3.49. The molecule has 0 aliphatic rings. The van der Waals surface area contributed by atoms with Gasteiger partial charge < -0.3 is 0 Å². The van der Waals surface area contributed by atoms with Gasteiger partial charge in [0.25, 0.3) is 10.0 Å². The van der Waals surface area contributed by atoms with Gasteiger partial charge in [-0.3, -0.25) is 0 Å². The Bertz CT molecular complexity index is 521. The minimum absolute atomic E-state index is 0.112. The molecule has 0 bridgehead atoms. The predicted octanol–water partition coefficient (Wildman–Crippen LogP) is 0.0512. The number of aromatic nitrogens is 4. The Balaban J connectivity index is 2.27. The van der Waals surface area contributed by atoms with E-state index in [4.69, 9.17) is 0 Å². The van der Waals surface area contributed by atoms with Gasteiger partial charge in [0.15, 0.2) is 6.33 Å². The topological polar surface area (TPSA) is 77.7 Å². The second-order valence-corrected chi connectivity index (χ2v) is 4.75. The van der Waals surface area contributed by atoms with Crippen molar-refractivity contribution in [3.8, 4) is 0 Å². The molecule has 1 aromatic heterocycles. The molecule has 0 unspecified atom stereocenters. The number of rotatable bonds is 3. The summed E-state index contributed by atoms with van der Waals surface area (Å²) in [6, 6.07) is 8.87. The highest BCUT2D eigenvalue weighted by atomic mass is 32.2. The van der Waals surface area contributed by atoms with Gasteiger partial charge in [0.1, 0.15) is 0 Å². The zero-order valence-corrected chi connectivity index (χ0v) is 8.50. The van der Waals surface area contributed by atoms with Crippen molar-refractivity contribution in [1.29, 1.82) is 0 Å². The smallest absolute Gasteiger partial charge is 0.204 e. The van der Waals surface area contributed by atoms with Gasteiger partial charge in [0.05, 0.1) is 5.75 Å². The number of hydrogen-bond donors (Lipinski definition) is 0. The van der Waals surface area contributed by atoms with Crippen LogP contribution in [0.4, 0.5) is 0 Å². The van der Waals surface area contributed by atoms with Crippen LogP contribution in [0.1, 0.15) is 5.56 Å². The van der Waals surface area contributed by atoms with Crippen molar-refractivity contribution in [2.75, 3.05) is 0 Å². The fourth-order valence-corrected chi connectivity index (χ4v) is 2.21. The van der Waals surface area contributed by atoms with Crippen molar-refractivity contribution in [3.63, 3.8) is 0 Å². The third-order valence-electron chi connectivity index (χ3n) is 1.81. The maximum atomic E-state index is 11.7. The molecule has 2 rings (SSSR count). The van der Waals surface area contributed by atoms with Crippen LogP contribution in [0.5, 0.6) is 0 Å². The van der Waals surface area contributed by atoms with E-state index in [1.165, 1.54) is 0 Å². The molecule has 15 heavy (non-hydrogen) atoms. The van der Waals surface area contributed by atoms with Gasteiger partial charge >= 0.3 is 0 Å². The van der Waals surface area contributed by atoms with E-state index in [0.717, 1.165) is 10.4 Å². The van der Waals surface area contributed by atoms with E-state index in [9.17, 15) is 8.42 Å². The number of hydrogen-bond acceptors (Lipinski definition) is 5. The zero-order valence-electron chi connectivity index (χ0n) is 7.68. The van der Waals surface area contributed by atoms with Crippen LogP contribution >= 0.6 is 0 Å². The molecule has 0 aliphatic carbocycles. The fraction of sp³-hybridized carbons (Fsp3) is 0.125. The van der Waals surface area contributed by atoms with Crippen LogP contribution in [-0.2, 0) is 15.8 Å². The number of tetrazole rings is 1. The number of nitrogens with zero attached hydrogens (tertiary/aromatic N) is 4. The Labute approximate surface area is 86.6 Å². The van der Waals surface area contributed by atoms with E-state index in [-0.39, 0.29) is 5.75 Å². The molecule has 6 nitrogen and oxygen atoms in total. The standard InChI is InChI=1S/C8H8N4O2S/c13-15(14,12-7-9-10-11-12)6-8-4-2-1-3-5-8/h1-5,7H,6H2. The highest BCUT2D eigenvalue weighted by molar-refractivity contribution is 7.89. The summed E-state index contributed by atoms with van der Waals surface area (Å²) in [5.41, 5.74) is 0.702. The van der Waals surface area contributed by atoms with Gasteiger partial charge in [-0.05, 0) is 16.0 Å². The van der Waals surface area contributed by atoms with E-state index in [1.807, 2.05) is 6.07 Å². The molecule has 7 heteroatoms. The summed E-state index contributed by atoms with van der Waals surface area (Å²) in [7, 11) is -3.49. The molecule has 0 spiro atoms. The summed E-state index contributed by atoms with van der Waals surface area (Å²) >= 11 is 0. The Kier molecular flexibility index (Phi) is 2.46. The molecule has 0 atom stereocenters. The molecule has 0 saturated heterocycles. The third-order valence-corrected chi connectivity index (χ3v) is 3.24. The molecule has 0 aliphatic heterocycles. The molecule has 1 heterocycles. The van der Waals surface area contributed by atoms with Gasteiger partial charge in [0, 0.05) is 0 Å². The van der Waals surface area contributed by atoms with Crippen molar-refractivity contribution >= 4 is 10.0 Å². The Morgan fingerprint density at radius 3 is 2.53 bits per heavy atom. The third kappa shape index (κ3) is 2.18. The zero-order chi connectivity index (χ0) is 10.7.